The van der Waals surface area contributed by atoms with Crippen LogP contribution in [0.5, 0.6) is 0 Å². The van der Waals surface area contributed by atoms with Crippen LogP contribution >= 0.6 is 0 Å². The number of hydrogen-bond acceptors (Lipinski definition) is 6. The lowest BCUT2D eigenvalue weighted by molar-refractivity contribution is -0.798. The summed E-state index contributed by atoms with van der Waals surface area (Å²) in [5.74, 6) is 5.41. The van der Waals surface area contributed by atoms with Gasteiger partial charge >= 0.3 is 5.91 Å². The quantitative estimate of drug-likeness (QED) is 0.632. The fourth-order valence-electron chi connectivity index (χ4n) is 4.34. The van der Waals surface area contributed by atoms with E-state index in [4.69, 9.17) is 9.98 Å². The van der Waals surface area contributed by atoms with E-state index in [0.29, 0.717) is 11.6 Å². The molecule has 1 unspecified atom stereocenters. The summed E-state index contributed by atoms with van der Waals surface area (Å²) >= 11 is 0. The van der Waals surface area contributed by atoms with Crippen LogP contribution in [0.25, 0.3) is 0 Å². The van der Waals surface area contributed by atoms with Crippen LogP contribution in [0, 0.1) is 0 Å². The fourth-order valence-corrected chi connectivity index (χ4v) is 4.34. The molecule has 0 bridgehead atoms. The van der Waals surface area contributed by atoms with Crippen LogP contribution in [0.3, 0.4) is 0 Å². The van der Waals surface area contributed by atoms with E-state index in [0.717, 1.165) is 35.0 Å². The highest BCUT2D eigenvalue weighted by molar-refractivity contribution is 6.07. The Morgan fingerprint density at radius 2 is 1.16 bits per heavy atom. The first-order valence-corrected chi connectivity index (χ1v) is 8.18. The van der Waals surface area contributed by atoms with Gasteiger partial charge in [0.2, 0.25) is 29.2 Å². The maximum atomic E-state index is 4.74. The molecular weight excluding hydrogens is 316 g/mol. The van der Waals surface area contributed by atoms with E-state index < -0.39 is 5.91 Å². The highest BCUT2D eigenvalue weighted by Gasteiger charge is 2.68. The summed E-state index contributed by atoms with van der Waals surface area (Å²) in [6.45, 7) is 20.2. The van der Waals surface area contributed by atoms with Gasteiger partial charge < -0.3 is 0 Å². The maximum absolute atomic E-state index is 4.74. The van der Waals surface area contributed by atoms with Crippen molar-refractivity contribution in [3.63, 3.8) is 0 Å². The summed E-state index contributed by atoms with van der Waals surface area (Å²) in [7, 11) is 0. The number of nitrogens with zero attached hydrogens (tertiary/aromatic N) is 8. The van der Waals surface area contributed by atoms with Crippen molar-refractivity contribution in [1.29, 1.82) is 0 Å². The van der Waals surface area contributed by atoms with E-state index in [9.17, 15) is 0 Å². The molecular formula is C17H22N8+2. The van der Waals surface area contributed by atoms with Gasteiger partial charge in [-0.1, -0.05) is 21.6 Å². The summed E-state index contributed by atoms with van der Waals surface area (Å²) in [4.78, 5) is 22.8. The highest BCUT2D eigenvalue weighted by Crippen LogP contribution is 2.41. The summed E-state index contributed by atoms with van der Waals surface area (Å²) in [6, 6.07) is 0. The van der Waals surface area contributed by atoms with E-state index in [2.05, 4.69) is 37.2 Å². The smallest absolute Gasteiger partial charge is 0.218 e. The van der Waals surface area contributed by atoms with Crippen molar-refractivity contribution in [3.8, 4) is 0 Å². The molecule has 4 aliphatic heterocycles. The van der Waals surface area contributed by atoms with E-state index in [1.165, 1.54) is 0 Å². The molecule has 25 heavy (non-hydrogen) atoms. The molecule has 0 fully saturated rings. The van der Waals surface area contributed by atoms with Crippen LogP contribution in [0.15, 0.2) is 44.8 Å². The number of aliphatic imine (C=N–C) groups is 4. The molecule has 1 atom stereocenters. The van der Waals surface area contributed by atoms with Crippen molar-refractivity contribution in [1.82, 2.24) is 9.80 Å². The first-order chi connectivity index (χ1) is 11.7. The zero-order valence-corrected chi connectivity index (χ0v) is 15.5. The molecule has 8 nitrogen and oxygen atoms in total. The molecule has 0 saturated heterocycles. The zero-order valence-electron chi connectivity index (χ0n) is 15.5. The molecule has 0 saturated carbocycles. The maximum Gasteiger partial charge on any atom is 0.400 e. The molecule has 4 rings (SSSR count). The van der Waals surface area contributed by atoms with Crippen LogP contribution < -0.4 is 0 Å². The van der Waals surface area contributed by atoms with Crippen molar-refractivity contribution >= 4 is 35.0 Å². The van der Waals surface area contributed by atoms with Crippen LogP contribution in [-0.4, -0.2) is 59.9 Å². The molecule has 0 N–H and O–H groups in total. The normalized spacial score (nSPS) is 28.4. The van der Waals surface area contributed by atoms with Gasteiger partial charge in [-0.15, -0.1) is 0 Å². The molecule has 128 valence electrons. The predicted molar refractivity (Wildman–Crippen MR) is 99.0 cm³/mol. The van der Waals surface area contributed by atoms with Crippen LogP contribution in [0.4, 0.5) is 0 Å². The van der Waals surface area contributed by atoms with Gasteiger partial charge in [0, 0.05) is 34.6 Å². The van der Waals surface area contributed by atoms with E-state index in [1.807, 2.05) is 46.4 Å². The Balaban J connectivity index is 2.24. The Hall–Kier alpha value is -2.90. The van der Waals surface area contributed by atoms with Crippen molar-refractivity contribution in [2.24, 2.45) is 20.0 Å². The largest absolute Gasteiger partial charge is 0.400 e. The number of hydrogen-bond donors (Lipinski definition) is 0. The Kier molecular flexibility index (Phi) is 2.87. The summed E-state index contributed by atoms with van der Waals surface area (Å²) < 4.78 is 4.19. The molecule has 0 aromatic heterocycles. The first-order valence-electron chi connectivity index (χ1n) is 8.18. The van der Waals surface area contributed by atoms with E-state index in [-0.39, 0.29) is 0 Å². The van der Waals surface area contributed by atoms with Crippen LogP contribution in [0.2, 0.25) is 0 Å². The summed E-state index contributed by atoms with van der Waals surface area (Å²) in [5, 5.41) is 0. The minimum absolute atomic E-state index is 0.593. The van der Waals surface area contributed by atoms with Crippen molar-refractivity contribution in [2.45, 2.75) is 47.5 Å². The Morgan fingerprint density at radius 1 is 0.680 bits per heavy atom. The van der Waals surface area contributed by atoms with Crippen molar-refractivity contribution in [2.75, 3.05) is 0 Å². The minimum atomic E-state index is -0.808. The van der Waals surface area contributed by atoms with Gasteiger partial charge in [0.25, 0.3) is 0 Å². The van der Waals surface area contributed by atoms with Gasteiger partial charge in [-0.3, -0.25) is 0 Å². The van der Waals surface area contributed by atoms with Gasteiger partial charge in [0.05, 0.1) is 0 Å². The second-order valence-electron chi connectivity index (χ2n) is 6.50. The SMILES string of the molecule is C=C1N=C(C)N2C(C)=NC(C)=[N+]3C(C)=NC(C)=[N+]4C(C)=NC(=C)N1C234. The predicted octanol–water partition coefficient (Wildman–Crippen LogP) is 1.73. The standard InChI is InChI=1S/C17H22N8/c1-9-18-10(2)23-13(5)20-14(6)25-16(8)21-15(7)24-12(4)19-11(3)22(9)17(23,24)25/h1,3H2,2,4-8H3/q+2. The van der Waals surface area contributed by atoms with Crippen molar-refractivity contribution < 1.29 is 9.15 Å². The summed E-state index contributed by atoms with van der Waals surface area (Å²) in [6.07, 6.45) is 0. The minimum Gasteiger partial charge on any atom is -0.218 e. The summed E-state index contributed by atoms with van der Waals surface area (Å²) in [5.41, 5.74) is 0. The molecule has 0 aromatic rings. The van der Waals surface area contributed by atoms with Crippen molar-refractivity contribution in [3.05, 3.63) is 24.8 Å². The van der Waals surface area contributed by atoms with Gasteiger partial charge in [-0.2, -0.15) is 9.15 Å². The zero-order chi connectivity index (χ0) is 18.3. The Labute approximate surface area is 146 Å². The number of rotatable bonds is 0. The van der Waals surface area contributed by atoms with Gasteiger partial charge in [0.1, 0.15) is 11.7 Å². The third-order valence-corrected chi connectivity index (χ3v) is 4.89. The lowest BCUT2D eigenvalue weighted by atomic mass is 10.1. The lowest BCUT2D eigenvalue weighted by Crippen LogP contribution is -2.81. The number of amidine groups is 6. The van der Waals surface area contributed by atoms with Gasteiger partial charge in [0.15, 0.2) is 5.84 Å². The average Bonchev–Trinajstić information content (AvgIpc) is 2.43. The molecule has 1 spiro atoms. The van der Waals surface area contributed by atoms with Crippen LogP contribution in [0.1, 0.15) is 41.5 Å². The molecule has 0 aromatic carbocycles. The molecule has 4 heterocycles. The second kappa shape index (κ2) is 4.59. The molecule has 0 radical (unpaired) electrons. The molecule has 4 aliphatic rings. The van der Waals surface area contributed by atoms with Crippen LogP contribution in [-0.2, 0) is 0 Å². The molecule has 0 amide bonds. The first kappa shape index (κ1) is 15.6. The lowest BCUT2D eigenvalue weighted by Gasteiger charge is -2.53. The van der Waals surface area contributed by atoms with Gasteiger partial charge in [-0.25, -0.2) is 14.8 Å². The highest BCUT2D eigenvalue weighted by atomic mass is 15.8. The Morgan fingerprint density at radius 3 is 1.80 bits per heavy atom. The topological polar surface area (TPSA) is 61.9 Å². The molecule has 8 heteroatoms. The monoisotopic (exact) mass is 338 g/mol. The average molecular weight is 338 g/mol. The fraction of sp³-hybridized carbons (Fsp3) is 0.412. The third-order valence-electron chi connectivity index (χ3n) is 4.89. The molecule has 0 aliphatic carbocycles. The van der Waals surface area contributed by atoms with Gasteiger partial charge in [-0.05, 0) is 13.5 Å². The van der Waals surface area contributed by atoms with E-state index >= 15 is 0 Å². The second-order valence-corrected chi connectivity index (χ2v) is 6.50. The Bertz CT molecular complexity index is 955. The van der Waals surface area contributed by atoms with E-state index in [1.54, 1.807) is 0 Å². The third kappa shape index (κ3) is 1.61.